The summed E-state index contributed by atoms with van der Waals surface area (Å²) in [6.45, 7) is 3.11. The van der Waals surface area contributed by atoms with Gasteiger partial charge in [0.2, 0.25) is 11.8 Å². The maximum absolute atomic E-state index is 12.9. The van der Waals surface area contributed by atoms with E-state index in [1.165, 1.54) is 12.1 Å². The highest BCUT2D eigenvalue weighted by Crippen LogP contribution is 2.24. The molecule has 0 aliphatic carbocycles. The van der Waals surface area contributed by atoms with E-state index in [4.69, 9.17) is 0 Å². The molecule has 1 aliphatic heterocycles. The second-order valence-corrected chi connectivity index (χ2v) is 6.21. The van der Waals surface area contributed by atoms with Gasteiger partial charge in [-0.25, -0.2) is 4.39 Å². The van der Waals surface area contributed by atoms with Crippen LogP contribution in [0, 0.1) is 11.7 Å². The number of benzene rings is 1. The molecule has 1 aromatic rings. The van der Waals surface area contributed by atoms with Gasteiger partial charge in [-0.15, -0.1) is 0 Å². The molecule has 0 radical (unpaired) electrons. The molecule has 1 aliphatic rings. The Bertz CT molecular complexity index is 542. The van der Waals surface area contributed by atoms with E-state index >= 15 is 0 Å². The Hall–Kier alpha value is -1.91. The van der Waals surface area contributed by atoms with Crippen LogP contribution in [0.4, 0.5) is 4.39 Å². The Morgan fingerprint density at radius 3 is 2.55 bits per heavy atom. The Labute approximate surface area is 130 Å². The van der Waals surface area contributed by atoms with Crippen molar-refractivity contribution >= 4 is 11.8 Å². The zero-order chi connectivity index (χ0) is 16.3. The molecule has 1 saturated heterocycles. The van der Waals surface area contributed by atoms with Crippen molar-refractivity contribution in [3.63, 3.8) is 0 Å². The molecule has 2 rings (SSSR count). The molecule has 2 amide bonds. The van der Waals surface area contributed by atoms with Gasteiger partial charge in [-0.1, -0.05) is 19.1 Å². The van der Waals surface area contributed by atoms with Crippen molar-refractivity contribution in [2.24, 2.45) is 5.92 Å². The van der Waals surface area contributed by atoms with Gasteiger partial charge >= 0.3 is 0 Å². The molecule has 1 fully saturated rings. The fourth-order valence-electron chi connectivity index (χ4n) is 2.85. The van der Waals surface area contributed by atoms with Gasteiger partial charge < -0.3 is 9.80 Å². The summed E-state index contributed by atoms with van der Waals surface area (Å²) >= 11 is 0. The van der Waals surface area contributed by atoms with Crippen molar-refractivity contribution in [1.29, 1.82) is 0 Å². The third-order valence-corrected chi connectivity index (χ3v) is 4.25. The normalized spacial score (nSPS) is 19.1. The first-order valence-electron chi connectivity index (χ1n) is 7.63. The summed E-state index contributed by atoms with van der Waals surface area (Å²) in [4.78, 5) is 27.7. The predicted octanol–water partition coefficient (Wildman–Crippen LogP) is 2.26. The summed E-state index contributed by atoms with van der Waals surface area (Å²) in [5.41, 5.74) is 0.954. The van der Waals surface area contributed by atoms with E-state index in [2.05, 4.69) is 0 Å². The van der Waals surface area contributed by atoms with Crippen molar-refractivity contribution in [2.45, 2.75) is 25.7 Å². The minimum atomic E-state index is -0.271. The van der Waals surface area contributed by atoms with Crippen LogP contribution in [0.1, 0.15) is 31.2 Å². The summed E-state index contributed by atoms with van der Waals surface area (Å²) in [5.74, 6) is -0.170. The van der Waals surface area contributed by atoms with Gasteiger partial charge in [0.15, 0.2) is 0 Å². The third-order valence-electron chi connectivity index (χ3n) is 4.25. The number of rotatable bonds is 4. The molecule has 0 N–H and O–H groups in total. The smallest absolute Gasteiger partial charge is 0.227 e. The quantitative estimate of drug-likeness (QED) is 0.856. The number of nitrogens with zero attached hydrogens (tertiary/aromatic N) is 2. The third kappa shape index (κ3) is 3.84. The van der Waals surface area contributed by atoms with Crippen LogP contribution < -0.4 is 0 Å². The summed E-state index contributed by atoms with van der Waals surface area (Å²) in [7, 11) is 3.48. The van der Waals surface area contributed by atoms with Crippen molar-refractivity contribution < 1.29 is 14.0 Å². The standard InChI is InChI=1S/C17H23FN2O2/c1-12(13-4-6-15(18)7-5-13)10-16(21)20-9-8-14(11-20)17(22)19(2)3/h4-7,12,14H,8-11H2,1-3H3/t12-,14-/m0/s1. The molecule has 22 heavy (non-hydrogen) atoms. The van der Waals surface area contributed by atoms with E-state index in [0.29, 0.717) is 19.5 Å². The monoisotopic (exact) mass is 306 g/mol. The highest BCUT2D eigenvalue weighted by Gasteiger charge is 2.32. The van der Waals surface area contributed by atoms with Crippen molar-refractivity contribution in [3.8, 4) is 0 Å². The summed E-state index contributed by atoms with van der Waals surface area (Å²) in [6.07, 6.45) is 1.11. The number of hydrogen-bond acceptors (Lipinski definition) is 2. The van der Waals surface area contributed by atoms with Crippen LogP contribution >= 0.6 is 0 Å². The van der Waals surface area contributed by atoms with E-state index in [1.54, 1.807) is 36.0 Å². The number of carbonyl (C=O) groups excluding carboxylic acids is 2. The van der Waals surface area contributed by atoms with Gasteiger partial charge in [-0.3, -0.25) is 9.59 Å². The summed E-state index contributed by atoms with van der Waals surface area (Å²) in [6, 6.07) is 6.27. The Kier molecular flexibility index (Phi) is 5.16. The van der Waals surface area contributed by atoms with E-state index in [-0.39, 0.29) is 29.5 Å². The highest BCUT2D eigenvalue weighted by atomic mass is 19.1. The van der Waals surface area contributed by atoms with E-state index in [0.717, 1.165) is 12.0 Å². The van der Waals surface area contributed by atoms with Crippen molar-refractivity contribution in [3.05, 3.63) is 35.6 Å². The zero-order valence-corrected chi connectivity index (χ0v) is 13.4. The number of halogens is 1. The maximum atomic E-state index is 12.9. The minimum Gasteiger partial charge on any atom is -0.349 e. The van der Waals surface area contributed by atoms with Crippen molar-refractivity contribution in [1.82, 2.24) is 9.80 Å². The Morgan fingerprint density at radius 2 is 1.95 bits per heavy atom. The maximum Gasteiger partial charge on any atom is 0.227 e. The molecular weight excluding hydrogens is 283 g/mol. The topological polar surface area (TPSA) is 40.6 Å². The molecule has 5 heteroatoms. The van der Waals surface area contributed by atoms with Crippen LogP contribution in [0.3, 0.4) is 0 Å². The molecule has 0 aromatic heterocycles. The van der Waals surface area contributed by atoms with Gasteiger partial charge in [-0.2, -0.15) is 0 Å². The predicted molar refractivity (Wildman–Crippen MR) is 82.8 cm³/mol. The fraction of sp³-hybridized carbons (Fsp3) is 0.529. The number of amides is 2. The molecule has 1 heterocycles. The molecule has 0 spiro atoms. The highest BCUT2D eigenvalue weighted by molar-refractivity contribution is 5.82. The van der Waals surface area contributed by atoms with Crippen LogP contribution in [0.5, 0.6) is 0 Å². The van der Waals surface area contributed by atoms with E-state index in [9.17, 15) is 14.0 Å². The SMILES string of the molecule is C[C@@H](CC(=O)N1CC[C@H](C(=O)N(C)C)C1)c1ccc(F)cc1. The first kappa shape index (κ1) is 16.5. The number of carbonyl (C=O) groups is 2. The van der Waals surface area contributed by atoms with E-state index < -0.39 is 0 Å². The van der Waals surface area contributed by atoms with Gasteiger partial charge in [0.25, 0.3) is 0 Å². The average Bonchev–Trinajstić information content (AvgIpc) is 2.96. The van der Waals surface area contributed by atoms with Crippen LogP contribution in [0.2, 0.25) is 0 Å². The lowest BCUT2D eigenvalue weighted by Crippen LogP contribution is -2.34. The first-order valence-corrected chi connectivity index (χ1v) is 7.63. The molecule has 0 bridgehead atoms. The van der Waals surface area contributed by atoms with Crippen LogP contribution in [0.15, 0.2) is 24.3 Å². The molecule has 4 nitrogen and oxygen atoms in total. The van der Waals surface area contributed by atoms with Gasteiger partial charge in [0.1, 0.15) is 5.82 Å². The Balaban J connectivity index is 1.90. The lowest BCUT2D eigenvalue weighted by molar-refractivity contribution is -0.133. The lowest BCUT2D eigenvalue weighted by atomic mass is 9.97. The average molecular weight is 306 g/mol. The second-order valence-electron chi connectivity index (χ2n) is 6.21. The van der Waals surface area contributed by atoms with Crippen LogP contribution in [-0.4, -0.2) is 48.8 Å². The molecule has 2 atom stereocenters. The zero-order valence-electron chi connectivity index (χ0n) is 13.4. The second kappa shape index (κ2) is 6.90. The van der Waals surface area contributed by atoms with E-state index in [1.807, 2.05) is 6.92 Å². The summed E-state index contributed by atoms with van der Waals surface area (Å²) in [5, 5.41) is 0. The lowest BCUT2D eigenvalue weighted by Gasteiger charge is -2.20. The van der Waals surface area contributed by atoms with Gasteiger partial charge in [0, 0.05) is 33.6 Å². The molecule has 120 valence electrons. The first-order chi connectivity index (χ1) is 10.4. The molecule has 1 aromatic carbocycles. The van der Waals surface area contributed by atoms with Gasteiger partial charge in [-0.05, 0) is 30.0 Å². The number of likely N-dealkylation sites (tertiary alicyclic amines) is 1. The Morgan fingerprint density at radius 1 is 1.32 bits per heavy atom. The van der Waals surface area contributed by atoms with Crippen LogP contribution in [-0.2, 0) is 9.59 Å². The van der Waals surface area contributed by atoms with Gasteiger partial charge in [0.05, 0.1) is 5.92 Å². The van der Waals surface area contributed by atoms with Crippen LogP contribution in [0.25, 0.3) is 0 Å². The summed E-state index contributed by atoms with van der Waals surface area (Å²) < 4.78 is 12.9. The molecular formula is C17H23FN2O2. The fourth-order valence-corrected chi connectivity index (χ4v) is 2.85. The van der Waals surface area contributed by atoms with Crippen molar-refractivity contribution in [2.75, 3.05) is 27.2 Å². The largest absolute Gasteiger partial charge is 0.349 e. The minimum absolute atomic E-state index is 0.0386. The number of hydrogen-bond donors (Lipinski definition) is 0. The molecule has 0 unspecified atom stereocenters. The molecule has 0 saturated carbocycles.